The quantitative estimate of drug-likeness (QED) is 0.510. The van der Waals surface area contributed by atoms with Crippen LogP contribution in [0.5, 0.6) is 0 Å². The van der Waals surface area contributed by atoms with Gasteiger partial charge in [-0.25, -0.2) is 4.98 Å². The third-order valence-electron chi connectivity index (χ3n) is 3.28. The lowest BCUT2D eigenvalue weighted by Gasteiger charge is -2.05. The van der Waals surface area contributed by atoms with E-state index >= 15 is 0 Å². The molecule has 0 saturated heterocycles. The van der Waals surface area contributed by atoms with E-state index in [0.717, 1.165) is 5.39 Å². The highest BCUT2D eigenvalue weighted by atomic mass is 16.1. The maximum absolute atomic E-state index is 12.2. The normalized spacial score (nSPS) is 10.6. The van der Waals surface area contributed by atoms with Crippen molar-refractivity contribution in [1.29, 1.82) is 0 Å². The molecule has 0 fully saturated rings. The van der Waals surface area contributed by atoms with Crippen LogP contribution in [0.3, 0.4) is 0 Å². The Labute approximate surface area is 126 Å². The summed E-state index contributed by atoms with van der Waals surface area (Å²) in [4.78, 5) is 30.7. The number of H-pyrrole nitrogens is 1. The molecule has 0 bridgehead atoms. The predicted molar refractivity (Wildman–Crippen MR) is 84.9 cm³/mol. The fourth-order valence-electron chi connectivity index (χ4n) is 2.10. The average Bonchev–Trinajstić information content (AvgIpc) is 2.93. The number of nitrogens with zero attached hydrogens (tertiary/aromatic N) is 1. The molecule has 1 aromatic carbocycles. The number of ketones is 1. The summed E-state index contributed by atoms with van der Waals surface area (Å²) in [6, 6.07) is 10.2. The largest absolute Gasteiger partial charge is 0.399 e. The fraction of sp³-hybridized carbons (Fsp3) is 0.0625. The molecule has 110 valence electrons. The van der Waals surface area contributed by atoms with Crippen LogP contribution in [0.1, 0.15) is 27.8 Å². The van der Waals surface area contributed by atoms with Gasteiger partial charge in [0.05, 0.1) is 11.3 Å². The first-order valence-electron chi connectivity index (χ1n) is 6.69. The van der Waals surface area contributed by atoms with Gasteiger partial charge in [0.2, 0.25) is 0 Å². The van der Waals surface area contributed by atoms with Crippen molar-refractivity contribution in [2.24, 2.45) is 0 Å². The first-order valence-corrected chi connectivity index (χ1v) is 6.69. The molecular weight excluding hydrogens is 280 g/mol. The minimum absolute atomic E-state index is 0.0779. The second kappa shape index (κ2) is 5.33. The number of anilines is 2. The maximum atomic E-state index is 12.2. The second-order valence-corrected chi connectivity index (χ2v) is 4.98. The molecule has 0 aliphatic heterocycles. The molecule has 0 atom stereocenters. The minimum atomic E-state index is -0.273. The first-order chi connectivity index (χ1) is 10.5. The van der Waals surface area contributed by atoms with Gasteiger partial charge in [-0.1, -0.05) is 0 Å². The Morgan fingerprint density at radius 1 is 1.18 bits per heavy atom. The number of carbonyl (C=O) groups is 2. The number of hydrogen-bond donors (Lipinski definition) is 3. The van der Waals surface area contributed by atoms with Gasteiger partial charge in [-0.2, -0.15) is 0 Å². The van der Waals surface area contributed by atoms with Crippen LogP contribution in [0.2, 0.25) is 0 Å². The summed E-state index contributed by atoms with van der Waals surface area (Å²) < 4.78 is 0. The van der Waals surface area contributed by atoms with E-state index in [2.05, 4.69) is 15.3 Å². The zero-order valence-electron chi connectivity index (χ0n) is 11.9. The summed E-state index contributed by atoms with van der Waals surface area (Å²) in [6.45, 7) is 1.47. The van der Waals surface area contributed by atoms with Gasteiger partial charge < -0.3 is 16.0 Å². The number of aromatic nitrogens is 2. The Morgan fingerprint density at radius 3 is 2.59 bits per heavy atom. The highest BCUT2D eigenvalue weighted by Gasteiger charge is 2.11. The lowest BCUT2D eigenvalue weighted by Crippen LogP contribution is -2.12. The molecule has 0 spiro atoms. The molecule has 3 aromatic rings. The molecule has 3 rings (SSSR count). The van der Waals surface area contributed by atoms with Crippen molar-refractivity contribution >= 4 is 34.1 Å². The van der Waals surface area contributed by atoms with Gasteiger partial charge in [0.15, 0.2) is 5.78 Å². The van der Waals surface area contributed by atoms with Crippen molar-refractivity contribution in [1.82, 2.24) is 9.97 Å². The molecule has 2 aromatic heterocycles. The third kappa shape index (κ3) is 2.67. The smallest absolute Gasteiger partial charge is 0.257 e. The van der Waals surface area contributed by atoms with Crippen molar-refractivity contribution in [2.45, 2.75) is 6.92 Å². The molecule has 1 amide bonds. The van der Waals surface area contributed by atoms with Crippen LogP contribution < -0.4 is 11.1 Å². The van der Waals surface area contributed by atoms with Crippen LogP contribution in [-0.2, 0) is 0 Å². The van der Waals surface area contributed by atoms with Crippen molar-refractivity contribution in [3.8, 4) is 0 Å². The Balaban J connectivity index is 1.87. The van der Waals surface area contributed by atoms with Gasteiger partial charge >= 0.3 is 0 Å². The zero-order chi connectivity index (χ0) is 15.7. The summed E-state index contributed by atoms with van der Waals surface area (Å²) in [5, 5.41) is 3.49. The van der Waals surface area contributed by atoms with E-state index in [1.807, 2.05) is 0 Å². The molecule has 4 N–H and O–H groups in total. The highest BCUT2D eigenvalue weighted by Crippen LogP contribution is 2.17. The number of carbonyl (C=O) groups excluding carboxylic acids is 2. The van der Waals surface area contributed by atoms with Gasteiger partial charge in [-0.05, 0) is 36.4 Å². The number of Topliss-reactive ketones (excluding diaryl/α,β-unsaturated/α-hetero) is 1. The van der Waals surface area contributed by atoms with Gasteiger partial charge in [0, 0.05) is 29.9 Å². The average molecular weight is 294 g/mol. The molecule has 2 heterocycles. The molecule has 0 aliphatic rings. The second-order valence-electron chi connectivity index (χ2n) is 4.98. The number of rotatable bonds is 3. The maximum Gasteiger partial charge on any atom is 0.257 e. The van der Waals surface area contributed by atoms with Gasteiger partial charge in [-0.3, -0.25) is 9.59 Å². The fourth-order valence-corrected chi connectivity index (χ4v) is 2.10. The lowest BCUT2D eigenvalue weighted by molar-refractivity contribution is 0.101. The number of benzene rings is 1. The molecular formula is C16H14N4O2. The first kappa shape index (κ1) is 13.8. The van der Waals surface area contributed by atoms with E-state index in [-0.39, 0.29) is 11.7 Å². The van der Waals surface area contributed by atoms with E-state index in [1.165, 1.54) is 13.1 Å². The molecule has 0 unspecified atom stereocenters. The Morgan fingerprint density at radius 2 is 1.91 bits per heavy atom. The number of nitrogens with one attached hydrogen (secondary N) is 2. The Hall–Kier alpha value is -3.15. The molecule has 6 nitrogen and oxygen atoms in total. The topological polar surface area (TPSA) is 101 Å². The van der Waals surface area contributed by atoms with E-state index in [9.17, 15) is 9.59 Å². The van der Waals surface area contributed by atoms with E-state index < -0.39 is 0 Å². The zero-order valence-corrected chi connectivity index (χ0v) is 11.9. The van der Waals surface area contributed by atoms with Crippen LogP contribution in [0, 0.1) is 0 Å². The molecule has 0 aliphatic carbocycles. The molecule has 0 radical (unpaired) electrons. The summed E-state index contributed by atoms with van der Waals surface area (Å²) >= 11 is 0. The van der Waals surface area contributed by atoms with Crippen LogP contribution in [-0.4, -0.2) is 21.7 Å². The van der Waals surface area contributed by atoms with Crippen molar-refractivity contribution in [3.63, 3.8) is 0 Å². The number of aromatic amines is 1. The number of hydrogen-bond acceptors (Lipinski definition) is 4. The summed E-state index contributed by atoms with van der Waals surface area (Å²) in [5.74, 6) is -0.351. The predicted octanol–water partition coefficient (Wildman–Crippen LogP) is 2.60. The number of amides is 1. The molecule has 0 saturated carbocycles. The highest BCUT2D eigenvalue weighted by molar-refractivity contribution is 6.06. The number of pyridine rings is 1. The van der Waals surface area contributed by atoms with E-state index in [0.29, 0.717) is 28.3 Å². The summed E-state index contributed by atoms with van der Waals surface area (Å²) in [5.41, 5.74) is 8.35. The van der Waals surface area contributed by atoms with Gasteiger partial charge in [-0.15, -0.1) is 0 Å². The number of nitrogens with two attached hydrogens (primary N) is 1. The Bertz CT molecular complexity index is 865. The van der Waals surface area contributed by atoms with Crippen LogP contribution >= 0.6 is 0 Å². The lowest BCUT2D eigenvalue weighted by atomic mass is 10.2. The molecule has 22 heavy (non-hydrogen) atoms. The van der Waals surface area contributed by atoms with Crippen LogP contribution in [0.15, 0.2) is 42.6 Å². The van der Waals surface area contributed by atoms with Crippen molar-refractivity contribution < 1.29 is 9.59 Å². The number of nitrogen functional groups attached to an aromatic ring is 1. The van der Waals surface area contributed by atoms with Crippen LogP contribution in [0.4, 0.5) is 11.4 Å². The van der Waals surface area contributed by atoms with E-state index in [4.69, 9.17) is 5.73 Å². The van der Waals surface area contributed by atoms with Crippen molar-refractivity contribution in [2.75, 3.05) is 11.1 Å². The summed E-state index contributed by atoms with van der Waals surface area (Å²) in [6.07, 6.45) is 1.47. The third-order valence-corrected chi connectivity index (χ3v) is 3.28. The number of fused-ring (bicyclic) bond motifs is 1. The van der Waals surface area contributed by atoms with Crippen LogP contribution in [0.25, 0.3) is 11.0 Å². The molecule has 6 heteroatoms. The van der Waals surface area contributed by atoms with Gasteiger partial charge in [0.1, 0.15) is 5.65 Å². The van der Waals surface area contributed by atoms with Gasteiger partial charge in [0.25, 0.3) is 5.91 Å². The van der Waals surface area contributed by atoms with Crippen molar-refractivity contribution in [3.05, 3.63) is 53.9 Å². The van der Waals surface area contributed by atoms with E-state index in [1.54, 1.807) is 36.4 Å². The monoisotopic (exact) mass is 294 g/mol. The standard InChI is InChI=1S/C16H14N4O2/c1-9(21)14-7-10-6-11(8-18-15(10)20-14)16(22)19-13-4-2-12(17)3-5-13/h2-8H,17H2,1H3,(H,18,20)(H,19,22). The Kier molecular flexibility index (Phi) is 3.34. The SMILES string of the molecule is CC(=O)c1cc2cc(C(=O)Nc3ccc(N)cc3)cnc2[nH]1. The minimum Gasteiger partial charge on any atom is -0.399 e. The summed E-state index contributed by atoms with van der Waals surface area (Å²) in [7, 11) is 0.